The zero-order valence-corrected chi connectivity index (χ0v) is 13.5. The molecule has 1 aliphatic rings. The number of aliphatic hydroxyl groups is 1. The molecule has 1 saturated carbocycles. The highest BCUT2D eigenvalue weighted by Crippen LogP contribution is 2.43. The van der Waals surface area contributed by atoms with Crippen LogP contribution in [0.2, 0.25) is 0 Å². The maximum Gasteiger partial charge on any atom is 0.273 e. The van der Waals surface area contributed by atoms with Crippen LogP contribution in [0.25, 0.3) is 11.5 Å². The van der Waals surface area contributed by atoms with Crippen LogP contribution >= 0.6 is 0 Å². The van der Waals surface area contributed by atoms with Gasteiger partial charge in [0.2, 0.25) is 5.89 Å². The first-order valence-corrected chi connectivity index (χ1v) is 8.08. The molecule has 2 N–H and O–H groups in total. The van der Waals surface area contributed by atoms with E-state index in [4.69, 9.17) is 4.42 Å². The van der Waals surface area contributed by atoms with Crippen molar-refractivity contribution in [3.05, 3.63) is 41.8 Å². The van der Waals surface area contributed by atoms with Gasteiger partial charge in [-0.25, -0.2) is 4.98 Å². The Labute approximate surface area is 135 Å². The van der Waals surface area contributed by atoms with Crippen LogP contribution in [-0.2, 0) is 0 Å². The number of benzene rings is 1. The molecule has 2 aromatic rings. The maximum absolute atomic E-state index is 12.6. The predicted molar refractivity (Wildman–Crippen MR) is 87.1 cm³/mol. The van der Waals surface area contributed by atoms with E-state index in [2.05, 4.69) is 10.3 Å². The fourth-order valence-corrected chi connectivity index (χ4v) is 2.40. The normalized spacial score (nSPS) is 16.8. The highest BCUT2D eigenvalue weighted by atomic mass is 16.4. The molecule has 1 fully saturated rings. The summed E-state index contributed by atoms with van der Waals surface area (Å²) in [6.07, 6.45) is 2.07. The molecule has 23 heavy (non-hydrogen) atoms. The fraction of sp³-hybridized carbons (Fsp3) is 0.444. The summed E-state index contributed by atoms with van der Waals surface area (Å²) in [4.78, 5) is 17.0. The number of hydrogen-bond acceptors (Lipinski definition) is 4. The lowest BCUT2D eigenvalue weighted by Crippen LogP contribution is -2.38. The third kappa shape index (κ3) is 3.45. The molecule has 5 heteroatoms. The molecular formula is C18H22N2O3. The molecule has 2 unspecified atom stereocenters. The molecule has 1 amide bonds. The van der Waals surface area contributed by atoms with Crippen LogP contribution in [0.1, 0.15) is 48.9 Å². The SMILES string of the molecule is CC(CO)C(C)NC(=O)c1nc(-c2ccccc2)oc1C1CC1. The molecule has 1 aliphatic carbocycles. The molecule has 3 rings (SSSR count). The van der Waals surface area contributed by atoms with Gasteiger partial charge in [-0.2, -0.15) is 0 Å². The highest BCUT2D eigenvalue weighted by Gasteiger charge is 2.34. The van der Waals surface area contributed by atoms with E-state index in [9.17, 15) is 9.90 Å². The van der Waals surface area contributed by atoms with Crippen LogP contribution in [0.3, 0.4) is 0 Å². The van der Waals surface area contributed by atoms with E-state index in [0.717, 1.165) is 18.4 Å². The van der Waals surface area contributed by atoms with Crippen molar-refractivity contribution in [2.45, 2.75) is 38.6 Å². The molecule has 0 saturated heterocycles. The van der Waals surface area contributed by atoms with Gasteiger partial charge in [-0.3, -0.25) is 4.79 Å². The zero-order chi connectivity index (χ0) is 16.4. The highest BCUT2D eigenvalue weighted by molar-refractivity contribution is 5.94. The van der Waals surface area contributed by atoms with Crippen molar-refractivity contribution in [2.24, 2.45) is 5.92 Å². The molecule has 1 heterocycles. The van der Waals surface area contributed by atoms with Gasteiger partial charge in [0.25, 0.3) is 5.91 Å². The molecule has 0 aliphatic heterocycles. The van der Waals surface area contributed by atoms with Crippen LogP contribution in [0, 0.1) is 5.92 Å². The Hall–Kier alpha value is -2.14. The lowest BCUT2D eigenvalue weighted by Gasteiger charge is -2.18. The van der Waals surface area contributed by atoms with Crippen molar-refractivity contribution in [2.75, 3.05) is 6.61 Å². The maximum atomic E-state index is 12.6. The van der Waals surface area contributed by atoms with Gasteiger partial charge in [-0.05, 0) is 37.8 Å². The minimum Gasteiger partial charge on any atom is -0.440 e. The third-order valence-electron chi connectivity index (χ3n) is 4.34. The first kappa shape index (κ1) is 15.7. The molecule has 2 atom stereocenters. The van der Waals surface area contributed by atoms with E-state index in [-0.39, 0.29) is 24.5 Å². The molecule has 1 aromatic heterocycles. The number of carbonyl (C=O) groups excluding carboxylic acids is 1. The summed E-state index contributed by atoms with van der Waals surface area (Å²) in [5.41, 5.74) is 1.24. The van der Waals surface area contributed by atoms with Crippen molar-refractivity contribution in [3.8, 4) is 11.5 Å². The lowest BCUT2D eigenvalue weighted by atomic mass is 10.0. The van der Waals surface area contributed by atoms with E-state index in [1.807, 2.05) is 44.2 Å². The fourth-order valence-electron chi connectivity index (χ4n) is 2.40. The van der Waals surface area contributed by atoms with Gasteiger partial charge in [0, 0.05) is 24.1 Å². The van der Waals surface area contributed by atoms with Gasteiger partial charge in [-0.1, -0.05) is 25.1 Å². The van der Waals surface area contributed by atoms with Crippen molar-refractivity contribution >= 4 is 5.91 Å². The second-order valence-corrected chi connectivity index (χ2v) is 6.29. The molecule has 0 bridgehead atoms. The van der Waals surface area contributed by atoms with Crippen LogP contribution in [0.5, 0.6) is 0 Å². The van der Waals surface area contributed by atoms with E-state index >= 15 is 0 Å². The van der Waals surface area contributed by atoms with E-state index in [0.29, 0.717) is 23.3 Å². The molecule has 1 aromatic carbocycles. The van der Waals surface area contributed by atoms with Crippen molar-refractivity contribution in [1.29, 1.82) is 0 Å². The van der Waals surface area contributed by atoms with Crippen LogP contribution in [0.4, 0.5) is 0 Å². The summed E-state index contributed by atoms with van der Waals surface area (Å²) in [7, 11) is 0. The number of oxazole rings is 1. The zero-order valence-electron chi connectivity index (χ0n) is 13.5. The second-order valence-electron chi connectivity index (χ2n) is 6.29. The Kier molecular flexibility index (Phi) is 4.48. The lowest BCUT2D eigenvalue weighted by molar-refractivity contribution is 0.0910. The first-order valence-electron chi connectivity index (χ1n) is 8.08. The summed E-state index contributed by atoms with van der Waals surface area (Å²) in [6.45, 7) is 3.81. The summed E-state index contributed by atoms with van der Waals surface area (Å²) >= 11 is 0. The van der Waals surface area contributed by atoms with Gasteiger partial charge in [0.1, 0.15) is 5.76 Å². The Morgan fingerprint density at radius 2 is 2.04 bits per heavy atom. The average Bonchev–Trinajstić information content (AvgIpc) is 3.32. The van der Waals surface area contributed by atoms with Crippen molar-refractivity contribution in [1.82, 2.24) is 10.3 Å². The third-order valence-corrected chi connectivity index (χ3v) is 4.34. The van der Waals surface area contributed by atoms with E-state index in [1.54, 1.807) is 0 Å². The molecular weight excluding hydrogens is 292 g/mol. The molecule has 0 spiro atoms. The number of hydrogen-bond donors (Lipinski definition) is 2. The van der Waals surface area contributed by atoms with Crippen molar-refractivity contribution < 1.29 is 14.3 Å². The minimum atomic E-state index is -0.231. The number of rotatable bonds is 6. The number of nitrogens with zero attached hydrogens (tertiary/aromatic N) is 1. The Bertz CT molecular complexity index is 677. The topological polar surface area (TPSA) is 75.4 Å². The second kappa shape index (κ2) is 6.54. The van der Waals surface area contributed by atoms with Crippen LogP contribution in [0.15, 0.2) is 34.7 Å². The average molecular weight is 314 g/mol. The Morgan fingerprint density at radius 3 is 2.65 bits per heavy atom. The Balaban J connectivity index is 1.86. The van der Waals surface area contributed by atoms with Crippen molar-refractivity contribution in [3.63, 3.8) is 0 Å². The van der Waals surface area contributed by atoms with Gasteiger partial charge in [0.15, 0.2) is 5.69 Å². The van der Waals surface area contributed by atoms with Crippen LogP contribution < -0.4 is 5.32 Å². The number of aromatic nitrogens is 1. The number of carbonyl (C=O) groups is 1. The first-order chi connectivity index (χ1) is 11.1. The molecule has 122 valence electrons. The summed E-state index contributed by atoms with van der Waals surface area (Å²) in [5, 5.41) is 12.1. The molecule has 5 nitrogen and oxygen atoms in total. The van der Waals surface area contributed by atoms with E-state index in [1.165, 1.54) is 0 Å². The Morgan fingerprint density at radius 1 is 1.35 bits per heavy atom. The predicted octanol–water partition coefficient (Wildman–Crippen LogP) is 2.97. The smallest absolute Gasteiger partial charge is 0.273 e. The molecule has 0 radical (unpaired) electrons. The van der Waals surface area contributed by atoms with Crippen LogP contribution in [-0.4, -0.2) is 28.6 Å². The van der Waals surface area contributed by atoms with E-state index < -0.39 is 0 Å². The van der Waals surface area contributed by atoms with Gasteiger partial charge >= 0.3 is 0 Å². The van der Waals surface area contributed by atoms with Gasteiger partial charge < -0.3 is 14.8 Å². The summed E-state index contributed by atoms with van der Waals surface area (Å²) < 4.78 is 5.89. The largest absolute Gasteiger partial charge is 0.440 e. The number of amides is 1. The summed E-state index contributed by atoms with van der Waals surface area (Å²) in [6, 6.07) is 9.47. The quantitative estimate of drug-likeness (QED) is 0.859. The minimum absolute atomic E-state index is 0.0104. The monoisotopic (exact) mass is 314 g/mol. The van der Waals surface area contributed by atoms with Gasteiger partial charge in [-0.15, -0.1) is 0 Å². The standard InChI is InChI=1S/C18H22N2O3/c1-11(10-21)12(2)19-17(22)15-16(13-8-9-13)23-18(20-15)14-6-4-3-5-7-14/h3-7,11-13,21H,8-10H2,1-2H3,(H,19,22). The number of nitrogens with one attached hydrogen (secondary N) is 1. The van der Waals surface area contributed by atoms with Gasteiger partial charge in [0.05, 0.1) is 0 Å². The number of aliphatic hydroxyl groups excluding tert-OH is 1. The summed E-state index contributed by atoms with van der Waals surface area (Å²) in [5.74, 6) is 1.23.